The Labute approximate surface area is 195 Å². The van der Waals surface area contributed by atoms with Crippen LogP contribution in [0.3, 0.4) is 0 Å². The van der Waals surface area contributed by atoms with E-state index in [4.69, 9.17) is 9.47 Å². The van der Waals surface area contributed by atoms with Crippen molar-refractivity contribution in [3.05, 3.63) is 77.6 Å². The van der Waals surface area contributed by atoms with Gasteiger partial charge in [0.25, 0.3) is 5.91 Å². The summed E-state index contributed by atoms with van der Waals surface area (Å²) in [5.41, 5.74) is 2.15. The highest BCUT2D eigenvalue weighted by Crippen LogP contribution is 2.30. The van der Waals surface area contributed by atoms with E-state index >= 15 is 0 Å². The second kappa shape index (κ2) is 10.6. The molecule has 1 atom stereocenters. The van der Waals surface area contributed by atoms with Crippen LogP contribution in [0.1, 0.15) is 48.6 Å². The predicted molar refractivity (Wildman–Crippen MR) is 121 cm³/mol. The molecule has 0 bridgehead atoms. The first kappa shape index (κ1) is 25.0. The van der Waals surface area contributed by atoms with Crippen molar-refractivity contribution in [3.63, 3.8) is 0 Å². The van der Waals surface area contributed by atoms with Gasteiger partial charge in [-0.05, 0) is 64.1 Å². The summed E-state index contributed by atoms with van der Waals surface area (Å²) >= 11 is 0. The van der Waals surface area contributed by atoms with Crippen LogP contribution in [0, 0.1) is 6.92 Å². The van der Waals surface area contributed by atoms with Gasteiger partial charge in [-0.1, -0.05) is 12.1 Å². The molecular formula is C25H25F3N2O4. The number of nitrogens with zero attached hydrogens (tertiary/aromatic N) is 1. The Bertz CT molecular complexity index is 1150. The first-order valence-corrected chi connectivity index (χ1v) is 10.6. The zero-order valence-electron chi connectivity index (χ0n) is 19.1. The topological polar surface area (TPSA) is 69.7 Å². The average Bonchev–Trinajstić information content (AvgIpc) is 2.72. The first-order valence-electron chi connectivity index (χ1n) is 10.6. The lowest BCUT2D eigenvalue weighted by Crippen LogP contribution is -2.17. The fourth-order valence-corrected chi connectivity index (χ4v) is 3.23. The van der Waals surface area contributed by atoms with Crippen molar-refractivity contribution in [2.45, 2.75) is 46.3 Å². The zero-order valence-corrected chi connectivity index (χ0v) is 19.1. The number of carbonyl (C=O) groups is 1. The van der Waals surface area contributed by atoms with Crippen molar-refractivity contribution < 1.29 is 32.2 Å². The standard InChI is InChI=1S/C25H25F3N2O4/c1-15(2)32-17(4)23-12-11-22(16(3)29-23)24(31)30-18-7-5-8-19(13-18)33-20-9-6-10-21(14-20)34-25(26,27)28/h5-15,17H,1-4H3,(H,30,31). The largest absolute Gasteiger partial charge is 0.573 e. The summed E-state index contributed by atoms with van der Waals surface area (Å²) in [5.74, 6) is -0.272. The number of nitrogens with one attached hydrogen (secondary N) is 1. The molecule has 0 aliphatic heterocycles. The normalized spacial score (nSPS) is 12.4. The average molecular weight is 474 g/mol. The van der Waals surface area contributed by atoms with Crippen LogP contribution in [0.2, 0.25) is 0 Å². The number of hydrogen-bond acceptors (Lipinski definition) is 5. The summed E-state index contributed by atoms with van der Waals surface area (Å²) in [7, 11) is 0. The maximum Gasteiger partial charge on any atom is 0.573 e. The SMILES string of the molecule is Cc1nc(C(C)OC(C)C)ccc1C(=O)Nc1cccc(Oc2cccc(OC(F)(F)F)c2)c1. The monoisotopic (exact) mass is 474 g/mol. The molecule has 1 heterocycles. The maximum absolute atomic E-state index is 12.8. The summed E-state index contributed by atoms with van der Waals surface area (Å²) < 4.78 is 52.6. The minimum absolute atomic E-state index is 0.0502. The molecule has 180 valence electrons. The smallest absolute Gasteiger partial charge is 0.457 e. The van der Waals surface area contributed by atoms with Gasteiger partial charge in [0.15, 0.2) is 0 Å². The van der Waals surface area contributed by atoms with Crippen LogP contribution in [-0.2, 0) is 4.74 Å². The maximum atomic E-state index is 12.8. The van der Waals surface area contributed by atoms with E-state index in [1.807, 2.05) is 20.8 Å². The molecule has 34 heavy (non-hydrogen) atoms. The van der Waals surface area contributed by atoms with Crippen molar-refractivity contribution in [3.8, 4) is 17.2 Å². The van der Waals surface area contributed by atoms with Crippen LogP contribution in [0.4, 0.5) is 18.9 Å². The summed E-state index contributed by atoms with van der Waals surface area (Å²) in [6, 6.07) is 15.1. The minimum atomic E-state index is -4.80. The van der Waals surface area contributed by atoms with Crippen molar-refractivity contribution in [2.24, 2.45) is 0 Å². The van der Waals surface area contributed by atoms with E-state index in [0.717, 1.165) is 11.8 Å². The van der Waals surface area contributed by atoms with E-state index in [9.17, 15) is 18.0 Å². The lowest BCUT2D eigenvalue weighted by Gasteiger charge is -2.17. The molecule has 0 aliphatic carbocycles. The molecule has 1 aromatic heterocycles. The number of hydrogen-bond donors (Lipinski definition) is 1. The summed E-state index contributed by atoms with van der Waals surface area (Å²) in [5, 5.41) is 2.78. The number of amides is 1. The van der Waals surface area contributed by atoms with E-state index in [1.54, 1.807) is 43.3 Å². The molecular weight excluding hydrogens is 449 g/mol. The third-order valence-corrected chi connectivity index (χ3v) is 4.61. The second-order valence-electron chi connectivity index (χ2n) is 7.80. The summed E-state index contributed by atoms with van der Waals surface area (Å²) in [6.07, 6.45) is -4.95. The quantitative estimate of drug-likeness (QED) is 0.388. The molecule has 1 N–H and O–H groups in total. The Morgan fingerprint density at radius 1 is 0.941 bits per heavy atom. The molecule has 9 heteroatoms. The molecule has 3 rings (SSSR count). The number of rotatable bonds is 8. The Balaban J connectivity index is 1.70. The Hall–Kier alpha value is -3.59. The highest BCUT2D eigenvalue weighted by molar-refractivity contribution is 6.05. The molecule has 0 fully saturated rings. The third kappa shape index (κ3) is 7.21. The molecule has 2 aromatic carbocycles. The van der Waals surface area contributed by atoms with Gasteiger partial charge in [-0.15, -0.1) is 13.2 Å². The van der Waals surface area contributed by atoms with Gasteiger partial charge in [-0.25, -0.2) is 0 Å². The van der Waals surface area contributed by atoms with Gasteiger partial charge >= 0.3 is 6.36 Å². The number of pyridine rings is 1. The van der Waals surface area contributed by atoms with Gasteiger partial charge < -0.3 is 19.5 Å². The van der Waals surface area contributed by atoms with E-state index < -0.39 is 12.1 Å². The van der Waals surface area contributed by atoms with E-state index in [2.05, 4.69) is 15.0 Å². The van der Waals surface area contributed by atoms with Gasteiger partial charge in [0.2, 0.25) is 0 Å². The first-order chi connectivity index (χ1) is 16.0. The van der Waals surface area contributed by atoms with Crippen molar-refractivity contribution in [1.29, 1.82) is 0 Å². The lowest BCUT2D eigenvalue weighted by molar-refractivity contribution is -0.274. The summed E-state index contributed by atoms with van der Waals surface area (Å²) in [6.45, 7) is 7.53. The van der Waals surface area contributed by atoms with Crippen LogP contribution >= 0.6 is 0 Å². The van der Waals surface area contributed by atoms with E-state index in [1.165, 1.54) is 18.2 Å². The van der Waals surface area contributed by atoms with Gasteiger partial charge in [0.1, 0.15) is 17.2 Å². The number of aryl methyl sites for hydroxylation is 1. The predicted octanol–water partition coefficient (Wildman–Crippen LogP) is 6.82. The fraction of sp³-hybridized carbons (Fsp3) is 0.280. The van der Waals surface area contributed by atoms with Crippen molar-refractivity contribution in [1.82, 2.24) is 4.98 Å². The third-order valence-electron chi connectivity index (χ3n) is 4.61. The number of anilines is 1. The molecule has 1 amide bonds. The van der Waals surface area contributed by atoms with E-state index in [0.29, 0.717) is 22.7 Å². The highest BCUT2D eigenvalue weighted by Gasteiger charge is 2.31. The second-order valence-corrected chi connectivity index (χ2v) is 7.80. The number of benzene rings is 2. The molecule has 0 aliphatic rings. The molecule has 0 spiro atoms. The van der Waals surface area contributed by atoms with Gasteiger partial charge in [0.05, 0.1) is 29.2 Å². The van der Waals surface area contributed by atoms with Gasteiger partial charge in [-0.2, -0.15) is 0 Å². The molecule has 1 unspecified atom stereocenters. The number of ether oxygens (including phenoxy) is 3. The summed E-state index contributed by atoms with van der Waals surface area (Å²) in [4.78, 5) is 17.3. The van der Waals surface area contributed by atoms with Crippen LogP contribution < -0.4 is 14.8 Å². The Kier molecular flexibility index (Phi) is 7.78. The Morgan fingerprint density at radius 2 is 1.59 bits per heavy atom. The van der Waals surface area contributed by atoms with Crippen LogP contribution in [0.15, 0.2) is 60.7 Å². The molecule has 0 radical (unpaired) electrons. The van der Waals surface area contributed by atoms with Crippen LogP contribution in [-0.4, -0.2) is 23.4 Å². The fourth-order valence-electron chi connectivity index (χ4n) is 3.23. The zero-order chi connectivity index (χ0) is 24.9. The molecule has 6 nitrogen and oxygen atoms in total. The molecule has 0 saturated carbocycles. The number of halogens is 3. The van der Waals surface area contributed by atoms with Gasteiger partial charge in [-0.3, -0.25) is 9.78 Å². The molecule has 3 aromatic rings. The van der Waals surface area contributed by atoms with Gasteiger partial charge in [0, 0.05) is 17.8 Å². The number of alkyl halides is 3. The van der Waals surface area contributed by atoms with Crippen LogP contribution in [0.25, 0.3) is 0 Å². The lowest BCUT2D eigenvalue weighted by atomic mass is 10.1. The highest BCUT2D eigenvalue weighted by atomic mass is 19.4. The number of carbonyl (C=O) groups excluding carboxylic acids is 1. The van der Waals surface area contributed by atoms with Crippen LogP contribution in [0.5, 0.6) is 17.2 Å². The van der Waals surface area contributed by atoms with Crippen molar-refractivity contribution >= 4 is 11.6 Å². The Morgan fingerprint density at radius 3 is 2.24 bits per heavy atom. The molecule has 0 saturated heterocycles. The minimum Gasteiger partial charge on any atom is -0.457 e. The van der Waals surface area contributed by atoms with E-state index in [-0.39, 0.29) is 23.9 Å². The van der Waals surface area contributed by atoms with Crippen molar-refractivity contribution in [2.75, 3.05) is 5.32 Å². The number of aromatic nitrogens is 1.